The largest absolute Gasteiger partial charge is 0.467 e. The van der Waals surface area contributed by atoms with Gasteiger partial charge in [0, 0.05) is 18.1 Å². The number of carbonyl (C=O) groups is 1. The quantitative estimate of drug-likeness (QED) is 0.726. The van der Waals surface area contributed by atoms with Crippen LogP contribution in [0, 0.1) is 0 Å². The van der Waals surface area contributed by atoms with Gasteiger partial charge in [-0.05, 0) is 35.2 Å². The Kier molecular flexibility index (Phi) is 5.02. The van der Waals surface area contributed by atoms with Gasteiger partial charge in [-0.25, -0.2) is 9.97 Å². The predicted octanol–water partition coefficient (Wildman–Crippen LogP) is 4.04. The Morgan fingerprint density at radius 3 is 2.35 bits per heavy atom. The summed E-state index contributed by atoms with van der Waals surface area (Å²) in [4.78, 5) is 20.5. The molecule has 0 unspecified atom stereocenters. The van der Waals surface area contributed by atoms with Crippen LogP contribution >= 0.6 is 0 Å². The van der Waals surface area contributed by atoms with Crippen molar-refractivity contribution in [3.05, 3.63) is 71.9 Å². The van der Waals surface area contributed by atoms with E-state index in [0.717, 1.165) is 5.69 Å². The molecule has 6 heteroatoms. The van der Waals surface area contributed by atoms with Gasteiger partial charge in [-0.15, -0.1) is 0 Å². The van der Waals surface area contributed by atoms with E-state index in [1.807, 2.05) is 12.1 Å². The maximum absolute atomic E-state index is 12.1. The van der Waals surface area contributed by atoms with Crippen LogP contribution in [0.2, 0.25) is 0 Å². The molecule has 6 nitrogen and oxygen atoms in total. The smallest absolute Gasteiger partial charge is 0.254 e. The van der Waals surface area contributed by atoms with Crippen molar-refractivity contribution < 1.29 is 9.21 Å². The van der Waals surface area contributed by atoms with E-state index in [9.17, 15) is 4.79 Å². The second kappa shape index (κ2) is 7.39. The molecule has 0 aliphatic carbocycles. The average molecular weight is 350 g/mol. The zero-order valence-electron chi connectivity index (χ0n) is 15.1. The van der Waals surface area contributed by atoms with E-state index in [1.165, 1.54) is 18.0 Å². The number of furan rings is 1. The third-order valence-corrected chi connectivity index (χ3v) is 3.92. The normalized spacial score (nSPS) is 11.2. The van der Waals surface area contributed by atoms with Crippen LogP contribution in [0.1, 0.15) is 42.5 Å². The van der Waals surface area contributed by atoms with Crippen LogP contribution in [-0.2, 0) is 12.0 Å². The van der Waals surface area contributed by atoms with Gasteiger partial charge in [0.15, 0.2) is 0 Å². The first kappa shape index (κ1) is 17.7. The summed E-state index contributed by atoms with van der Waals surface area (Å²) in [6.07, 6.45) is 4.56. The van der Waals surface area contributed by atoms with E-state index in [2.05, 4.69) is 53.5 Å². The van der Waals surface area contributed by atoms with Gasteiger partial charge in [0.25, 0.3) is 5.91 Å². The van der Waals surface area contributed by atoms with E-state index < -0.39 is 0 Å². The summed E-state index contributed by atoms with van der Waals surface area (Å²) in [5.41, 5.74) is 2.66. The number of amides is 1. The zero-order valence-corrected chi connectivity index (χ0v) is 15.1. The fourth-order valence-corrected chi connectivity index (χ4v) is 2.38. The van der Waals surface area contributed by atoms with E-state index in [4.69, 9.17) is 4.42 Å². The van der Waals surface area contributed by atoms with Gasteiger partial charge in [-0.2, -0.15) is 0 Å². The lowest BCUT2D eigenvalue weighted by Gasteiger charge is -2.19. The van der Waals surface area contributed by atoms with Crippen LogP contribution < -0.4 is 10.6 Å². The standard InChI is InChI=1S/C20H22N4O2/c1-20(2,3)15-6-8-16(9-7-15)24-19-22-11-14(12-23-19)18(25)21-13-17-5-4-10-26-17/h4-12H,13H2,1-3H3,(H,21,25)(H,22,23,24). The van der Waals surface area contributed by atoms with Crippen molar-refractivity contribution in [2.24, 2.45) is 0 Å². The Morgan fingerprint density at radius 1 is 1.08 bits per heavy atom. The fourth-order valence-electron chi connectivity index (χ4n) is 2.38. The number of anilines is 2. The van der Waals surface area contributed by atoms with E-state index in [-0.39, 0.29) is 11.3 Å². The molecule has 0 saturated carbocycles. The molecular weight excluding hydrogens is 328 g/mol. The molecule has 134 valence electrons. The number of hydrogen-bond acceptors (Lipinski definition) is 5. The van der Waals surface area contributed by atoms with Crippen LogP contribution in [0.25, 0.3) is 0 Å². The third kappa shape index (κ3) is 4.47. The van der Waals surface area contributed by atoms with Crippen molar-refractivity contribution in [3.8, 4) is 0 Å². The van der Waals surface area contributed by atoms with Crippen LogP contribution in [-0.4, -0.2) is 15.9 Å². The Balaban J connectivity index is 1.59. The summed E-state index contributed by atoms with van der Waals surface area (Å²) in [6, 6.07) is 11.7. The number of aromatic nitrogens is 2. The second-order valence-electron chi connectivity index (χ2n) is 7.01. The molecule has 0 fully saturated rings. The van der Waals surface area contributed by atoms with Crippen molar-refractivity contribution >= 4 is 17.5 Å². The molecular formula is C20H22N4O2. The minimum Gasteiger partial charge on any atom is -0.467 e. The van der Waals surface area contributed by atoms with Gasteiger partial charge in [0.1, 0.15) is 5.76 Å². The van der Waals surface area contributed by atoms with Gasteiger partial charge >= 0.3 is 0 Å². The van der Waals surface area contributed by atoms with Gasteiger partial charge in [0.2, 0.25) is 5.95 Å². The van der Waals surface area contributed by atoms with E-state index in [0.29, 0.717) is 23.8 Å². The van der Waals surface area contributed by atoms with Crippen LogP contribution in [0.3, 0.4) is 0 Å². The lowest BCUT2D eigenvalue weighted by atomic mass is 9.87. The molecule has 0 aliphatic heterocycles. The molecule has 0 saturated heterocycles. The summed E-state index contributed by atoms with van der Waals surface area (Å²) in [7, 11) is 0. The molecule has 3 aromatic rings. The van der Waals surface area contributed by atoms with Crippen molar-refractivity contribution in [2.45, 2.75) is 32.7 Å². The average Bonchev–Trinajstić information content (AvgIpc) is 3.13. The molecule has 0 bridgehead atoms. The first-order valence-corrected chi connectivity index (χ1v) is 8.42. The maximum Gasteiger partial charge on any atom is 0.254 e. The number of benzene rings is 1. The SMILES string of the molecule is CC(C)(C)c1ccc(Nc2ncc(C(=O)NCc3ccco3)cn2)cc1. The van der Waals surface area contributed by atoms with Crippen molar-refractivity contribution in [1.29, 1.82) is 0 Å². The predicted molar refractivity (Wildman–Crippen MR) is 100 cm³/mol. The summed E-state index contributed by atoms with van der Waals surface area (Å²) >= 11 is 0. The van der Waals surface area contributed by atoms with Gasteiger partial charge in [0.05, 0.1) is 18.4 Å². The van der Waals surface area contributed by atoms with Crippen molar-refractivity contribution in [1.82, 2.24) is 15.3 Å². The second-order valence-corrected chi connectivity index (χ2v) is 7.01. The Morgan fingerprint density at radius 2 is 1.77 bits per heavy atom. The first-order chi connectivity index (χ1) is 12.4. The van der Waals surface area contributed by atoms with Gasteiger partial charge in [-0.3, -0.25) is 4.79 Å². The molecule has 1 amide bonds. The number of hydrogen-bond donors (Lipinski definition) is 2. The van der Waals surface area contributed by atoms with Gasteiger partial charge in [-0.1, -0.05) is 32.9 Å². The van der Waals surface area contributed by atoms with E-state index in [1.54, 1.807) is 18.4 Å². The molecule has 0 aliphatic rings. The van der Waals surface area contributed by atoms with Crippen LogP contribution in [0.15, 0.2) is 59.5 Å². The number of nitrogens with one attached hydrogen (secondary N) is 2. The monoisotopic (exact) mass is 350 g/mol. The molecule has 2 aromatic heterocycles. The van der Waals surface area contributed by atoms with Gasteiger partial charge < -0.3 is 15.1 Å². The summed E-state index contributed by atoms with van der Waals surface area (Å²) in [5, 5.41) is 5.89. The lowest BCUT2D eigenvalue weighted by Crippen LogP contribution is -2.23. The molecule has 26 heavy (non-hydrogen) atoms. The molecule has 0 atom stereocenters. The molecule has 2 heterocycles. The van der Waals surface area contributed by atoms with Crippen molar-refractivity contribution in [2.75, 3.05) is 5.32 Å². The summed E-state index contributed by atoms with van der Waals surface area (Å²) < 4.78 is 5.18. The molecule has 2 N–H and O–H groups in total. The highest BCUT2D eigenvalue weighted by Crippen LogP contribution is 2.24. The maximum atomic E-state index is 12.1. The summed E-state index contributed by atoms with van der Waals surface area (Å²) in [5.74, 6) is 0.884. The number of nitrogens with zero attached hydrogens (tertiary/aromatic N) is 2. The Hall–Kier alpha value is -3.15. The highest BCUT2D eigenvalue weighted by Gasteiger charge is 2.13. The lowest BCUT2D eigenvalue weighted by molar-refractivity contribution is 0.0947. The highest BCUT2D eigenvalue weighted by molar-refractivity contribution is 5.93. The third-order valence-electron chi connectivity index (χ3n) is 3.92. The summed E-state index contributed by atoms with van der Waals surface area (Å²) in [6.45, 7) is 6.85. The molecule has 3 rings (SSSR count). The molecule has 0 spiro atoms. The zero-order chi connectivity index (χ0) is 18.6. The first-order valence-electron chi connectivity index (χ1n) is 8.42. The topological polar surface area (TPSA) is 80.0 Å². The minimum atomic E-state index is -0.248. The number of rotatable bonds is 5. The van der Waals surface area contributed by atoms with Crippen LogP contribution in [0.4, 0.5) is 11.6 Å². The highest BCUT2D eigenvalue weighted by atomic mass is 16.3. The Labute approximate surface area is 152 Å². The van der Waals surface area contributed by atoms with E-state index >= 15 is 0 Å². The minimum absolute atomic E-state index is 0.111. The molecule has 1 aromatic carbocycles. The molecule has 0 radical (unpaired) electrons. The van der Waals surface area contributed by atoms with Crippen molar-refractivity contribution in [3.63, 3.8) is 0 Å². The van der Waals surface area contributed by atoms with Crippen LogP contribution in [0.5, 0.6) is 0 Å². The number of carbonyl (C=O) groups excluding carboxylic acids is 1. The fraction of sp³-hybridized carbons (Fsp3) is 0.250. The Bertz CT molecular complexity index is 848.